The lowest BCUT2D eigenvalue weighted by molar-refractivity contribution is -0.144. The van der Waals surface area contributed by atoms with E-state index in [1.54, 1.807) is 0 Å². The number of tetrazole rings is 1. The molecule has 0 unspecified atom stereocenters. The van der Waals surface area contributed by atoms with E-state index in [1.165, 1.54) is 18.2 Å². The van der Waals surface area contributed by atoms with Crippen LogP contribution in [0.3, 0.4) is 0 Å². The lowest BCUT2D eigenvalue weighted by Crippen LogP contribution is -2.49. The average Bonchev–Trinajstić information content (AvgIpc) is 3.12. The van der Waals surface area contributed by atoms with Crippen LogP contribution in [-0.2, 0) is 15.0 Å². The molecule has 1 aliphatic heterocycles. The third-order valence-electron chi connectivity index (χ3n) is 4.64. The zero-order chi connectivity index (χ0) is 21.0. The molecule has 0 radical (unpaired) electrons. The summed E-state index contributed by atoms with van der Waals surface area (Å²) in [7, 11) is 0. The first-order valence-electron chi connectivity index (χ1n) is 9.48. The van der Waals surface area contributed by atoms with Crippen LogP contribution in [-0.4, -0.2) is 69.1 Å². The van der Waals surface area contributed by atoms with Crippen LogP contribution in [0.25, 0.3) is 0 Å². The Kier molecular flexibility index (Phi) is 6.41. The number of piperazine rings is 1. The van der Waals surface area contributed by atoms with Gasteiger partial charge < -0.3 is 14.6 Å². The predicted molar refractivity (Wildman–Crippen MR) is 110 cm³/mol. The Hall–Kier alpha value is -2.62. The molecule has 0 aliphatic carbocycles. The lowest BCUT2D eigenvalue weighted by Gasteiger charge is -2.38. The van der Waals surface area contributed by atoms with Crippen LogP contribution < -0.4 is 9.74 Å². The Labute approximate surface area is 174 Å². The summed E-state index contributed by atoms with van der Waals surface area (Å²) in [6, 6.07) is 8.47. The van der Waals surface area contributed by atoms with E-state index >= 15 is 0 Å². The first-order chi connectivity index (χ1) is 13.8. The number of rotatable bonds is 5. The molecule has 1 aliphatic rings. The van der Waals surface area contributed by atoms with Gasteiger partial charge in [0.1, 0.15) is 0 Å². The van der Waals surface area contributed by atoms with E-state index in [2.05, 4.69) is 65.5 Å². The fraction of sp³-hybridized carbons (Fsp3) is 0.526. The first-order valence-corrected chi connectivity index (χ1v) is 10.5. The van der Waals surface area contributed by atoms with Crippen molar-refractivity contribution < 1.29 is 14.4 Å². The smallest absolute Gasteiger partial charge is 0.332 e. The largest absolute Gasteiger partial charge is 0.368 e. The Balaban J connectivity index is 1.56. The van der Waals surface area contributed by atoms with Gasteiger partial charge in [-0.05, 0) is 32.3 Å². The van der Waals surface area contributed by atoms with E-state index in [0.29, 0.717) is 13.1 Å². The maximum absolute atomic E-state index is 12.6. The molecule has 2 heterocycles. The van der Waals surface area contributed by atoms with Gasteiger partial charge in [0, 0.05) is 38.8 Å². The zero-order valence-corrected chi connectivity index (χ0v) is 18.0. The topological polar surface area (TPSA) is 93.4 Å². The van der Waals surface area contributed by atoms with Gasteiger partial charge in [-0.3, -0.25) is 4.79 Å². The van der Waals surface area contributed by atoms with Crippen molar-refractivity contribution in [1.29, 1.82) is 0 Å². The molecular weight excluding hydrogens is 392 g/mol. The molecule has 29 heavy (non-hydrogen) atoms. The maximum atomic E-state index is 12.6. The molecule has 0 spiro atoms. The highest BCUT2D eigenvalue weighted by molar-refractivity contribution is 7.99. The van der Waals surface area contributed by atoms with Crippen LogP contribution in [0, 0.1) is 0 Å². The van der Waals surface area contributed by atoms with Crippen LogP contribution in [0.2, 0.25) is 0 Å². The Morgan fingerprint density at radius 2 is 1.83 bits per heavy atom. The third-order valence-corrected chi connectivity index (χ3v) is 5.53. The molecule has 1 aromatic heterocycles. The molecule has 1 saturated heterocycles. The van der Waals surface area contributed by atoms with Gasteiger partial charge >= 0.3 is 5.97 Å². The molecule has 10 heteroatoms. The fourth-order valence-corrected chi connectivity index (χ4v) is 3.95. The van der Waals surface area contributed by atoms with E-state index in [1.807, 2.05) is 4.90 Å². The Bertz CT molecular complexity index is 871. The van der Waals surface area contributed by atoms with Crippen molar-refractivity contribution in [2.75, 3.05) is 36.8 Å². The van der Waals surface area contributed by atoms with E-state index in [-0.39, 0.29) is 22.2 Å². The number of carbonyl (C=O) groups excluding carboxylic acids is 2. The molecule has 0 saturated carbocycles. The molecule has 1 fully saturated rings. The number of para-hydroxylation sites is 1. The van der Waals surface area contributed by atoms with E-state index in [0.717, 1.165) is 29.7 Å². The molecule has 0 N–H and O–H groups in total. The fourth-order valence-electron chi connectivity index (χ4n) is 3.23. The highest BCUT2D eigenvalue weighted by Gasteiger charge is 2.26. The van der Waals surface area contributed by atoms with Crippen molar-refractivity contribution >= 4 is 29.3 Å². The number of hydrogen-bond donors (Lipinski definition) is 0. The highest BCUT2D eigenvalue weighted by Crippen LogP contribution is 2.32. The van der Waals surface area contributed by atoms with Crippen LogP contribution in [0.5, 0.6) is 0 Å². The number of benzene rings is 1. The number of nitrogens with zero attached hydrogens (tertiary/aromatic N) is 6. The number of carbonyl (C=O) groups is 2. The summed E-state index contributed by atoms with van der Waals surface area (Å²) in [5.41, 5.74) is 2.61. The van der Waals surface area contributed by atoms with Crippen LogP contribution in [0.4, 0.5) is 5.69 Å². The molecule has 156 valence electrons. The van der Waals surface area contributed by atoms with Crippen LogP contribution in [0.1, 0.15) is 33.3 Å². The summed E-state index contributed by atoms with van der Waals surface area (Å²) in [5.74, 6) is -0.339. The Morgan fingerprint density at radius 3 is 2.48 bits per heavy atom. The standard InChI is InChI=1S/C19H26N6O3S/c1-14(26)28-25-18(20-21-22-25)29-13-17(27)24-11-9-23(10-12-24)16-8-6-5-7-15(16)19(2,3)4/h5-8H,9-13H2,1-4H3. The minimum atomic E-state index is -0.530. The average molecular weight is 419 g/mol. The van der Waals surface area contributed by atoms with Crippen molar-refractivity contribution in [2.24, 2.45) is 0 Å². The minimum absolute atomic E-state index is 0.0103. The molecule has 3 rings (SSSR count). The molecule has 0 bridgehead atoms. The van der Waals surface area contributed by atoms with Crippen molar-refractivity contribution in [3.05, 3.63) is 29.8 Å². The van der Waals surface area contributed by atoms with Gasteiger partial charge in [0.25, 0.3) is 0 Å². The second-order valence-electron chi connectivity index (χ2n) is 7.84. The van der Waals surface area contributed by atoms with Crippen LogP contribution >= 0.6 is 11.8 Å². The zero-order valence-electron chi connectivity index (χ0n) is 17.2. The second-order valence-corrected chi connectivity index (χ2v) is 8.78. The maximum Gasteiger partial charge on any atom is 0.332 e. The number of hydrogen-bond acceptors (Lipinski definition) is 8. The summed E-state index contributed by atoms with van der Waals surface area (Å²) >= 11 is 1.15. The molecule has 2 aromatic rings. The predicted octanol–water partition coefficient (Wildman–Crippen LogP) is 1.39. The number of anilines is 1. The Morgan fingerprint density at radius 1 is 1.14 bits per heavy atom. The van der Waals surface area contributed by atoms with Crippen molar-refractivity contribution in [2.45, 2.75) is 38.3 Å². The lowest BCUT2D eigenvalue weighted by atomic mass is 9.85. The van der Waals surface area contributed by atoms with Gasteiger partial charge in [0.15, 0.2) is 0 Å². The summed E-state index contributed by atoms with van der Waals surface area (Å²) in [6.07, 6.45) is 0. The van der Waals surface area contributed by atoms with Crippen molar-refractivity contribution in [3.8, 4) is 0 Å². The SMILES string of the molecule is CC(=O)On1nnnc1SCC(=O)N1CCN(c2ccccc2C(C)(C)C)CC1. The molecule has 1 amide bonds. The van der Waals surface area contributed by atoms with E-state index in [9.17, 15) is 9.59 Å². The second kappa shape index (κ2) is 8.81. The van der Waals surface area contributed by atoms with Gasteiger partial charge in [-0.2, -0.15) is 0 Å². The summed E-state index contributed by atoms with van der Waals surface area (Å²) in [6.45, 7) is 10.8. The normalized spacial score (nSPS) is 14.8. The minimum Gasteiger partial charge on any atom is -0.368 e. The highest BCUT2D eigenvalue weighted by atomic mass is 32.2. The van der Waals surface area contributed by atoms with Gasteiger partial charge in [-0.15, -0.1) is 0 Å². The monoisotopic (exact) mass is 418 g/mol. The van der Waals surface area contributed by atoms with Crippen molar-refractivity contribution in [1.82, 2.24) is 25.3 Å². The van der Waals surface area contributed by atoms with E-state index in [4.69, 9.17) is 4.84 Å². The van der Waals surface area contributed by atoms with E-state index < -0.39 is 5.97 Å². The molecule has 1 aromatic carbocycles. The molecular formula is C19H26N6O3S. The summed E-state index contributed by atoms with van der Waals surface area (Å²) in [5, 5.41) is 11.1. The number of aromatic nitrogens is 4. The quantitative estimate of drug-likeness (QED) is 0.531. The van der Waals surface area contributed by atoms with Crippen molar-refractivity contribution in [3.63, 3.8) is 0 Å². The number of amides is 1. The van der Waals surface area contributed by atoms with Gasteiger partial charge in [-0.25, -0.2) is 4.79 Å². The van der Waals surface area contributed by atoms with Crippen LogP contribution in [0.15, 0.2) is 29.4 Å². The number of thioether (sulfide) groups is 1. The molecule has 0 atom stereocenters. The first kappa shape index (κ1) is 21.1. The van der Waals surface area contributed by atoms with Gasteiger partial charge in [-0.1, -0.05) is 55.8 Å². The third kappa shape index (κ3) is 5.26. The van der Waals surface area contributed by atoms with Gasteiger partial charge in [0.2, 0.25) is 11.1 Å². The summed E-state index contributed by atoms with van der Waals surface area (Å²) in [4.78, 5) is 33.6. The molecule has 9 nitrogen and oxygen atoms in total. The summed E-state index contributed by atoms with van der Waals surface area (Å²) < 4.78 is 0. The van der Waals surface area contributed by atoms with Gasteiger partial charge in [0.05, 0.1) is 5.75 Å².